The number of hydrogen-bond acceptors (Lipinski definition) is 3. The second kappa shape index (κ2) is 3.93. The molecule has 0 aromatic heterocycles. The van der Waals surface area contributed by atoms with Gasteiger partial charge in [-0.2, -0.15) is 0 Å². The highest BCUT2D eigenvalue weighted by molar-refractivity contribution is 6.00. The van der Waals surface area contributed by atoms with E-state index in [2.05, 4.69) is 11.9 Å². The Balaban J connectivity index is 2.31. The molecule has 3 heteroatoms. The normalized spacial score (nSPS) is 19.9. The number of nitrogens with zero attached hydrogens (tertiary/aromatic N) is 1. The Morgan fingerprint density at radius 3 is 2.93 bits per heavy atom. The molecule has 3 nitrogen and oxygen atoms in total. The summed E-state index contributed by atoms with van der Waals surface area (Å²) >= 11 is 0. The lowest BCUT2D eigenvalue weighted by molar-refractivity contribution is 0.315. The first-order valence-corrected chi connectivity index (χ1v) is 5.27. The molecule has 1 heterocycles. The van der Waals surface area contributed by atoms with Crippen LogP contribution in [0.25, 0.3) is 0 Å². The van der Waals surface area contributed by atoms with Crippen molar-refractivity contribution in [3.8, 4) is 0 Å². The summed E-state index contributed by atoms with van der Waals surface area (Å²) in [5.74, 6) is 0.694. The first-order chi connectivity index (χ1) is 7.20. The van der Waals surface area contributed by atoms with Gasteiger partial charge in [-0.15, -0.1) is 0 Å². The maximum Gasteiger partial charge on any atom is 0.218 e. The van der Waals surface area contributed by atoms with Gasteiger partial charge in [0, 0.05) is 5.69 Å². The molecule has 2 N–H and O–H groups in total. The van der Waals surface area contributed by atoms with E-state index in [1.807, 2.05) is 25.1 Å². The number of nitrogens with two attached hydrogens (primary N) is 1. The minimum absolute atomic E-state index is 0.292. The summed E-state index contributed by atoms with van der Waals surface area (Å²) in [4.78, 5) is 4.48. The van der Waals surface area contributed by atoms with Gasteiger partial charge in [-0.25, -0.2) is 4.99 Å². The van der Waals surface area contributed by atoms with Crippen LogP contribution in [-0.4, -0.2) is 18.5 Å². The summed E-state index contributed by atoms with van der Waals surface area (Å²) in [7, 11) is 0. The molecule has 1 aromatic rings. The molecule has 0 fully saturated rings. The molecule has 0 aliphatic carbocycles. The highest BCUT2D eigenvalue weighted by atomic mass is 16.5. The molecule has 1 aliphatic heterocycles. The van der Waals surface area contributed by atoms with Gasteiger partial charge in [-0.1, -0.05) is 13.0 Å². The van der Waals surface area contributed by atoms with E-state index in [-0.39, 0.29) is 0 Å². The summed E-state index contributed by atoms with van der Waals surface area (Å²) in [6.45, 7) is 4.81. The number of anilines is 1. The van der Waals surface area contributed by atoms with Crippen molar-refractivity contribution in [1.29, 1.82) is 0 Å². The van der Waals surface area contributed by atoms with Crippen molar-refractivity contribution in [2.45, 2.75) is 26.3 Å². The van der Waals surface area contributed by atoms with Crippen LogP contribution in [0, 0.1) is 6.92 Å². The summed E-state index contributed by atoms with van der Waals surface area (Å²) in [6.07, 6.45) is 1.01. The fourth-order valence-electron chi connectivity index (χ4n) is 1.65. The molecule has 0 spiro atoms. The highest BCUT2D eigenvalue weighted by Crippen LogP contribution is 2.20. The van der Waals surface area contributed by atoms with Crippen molar-refractivity contribution in [3.63, 3.8) is 0 Å². The van der Waals surface area contributed by atoms with Crippen LogP contribution < -0.4 is 5.73 Å². The van der Waals surface area contributed by atoms with E-state index in [4.69, 9.17) is 10.5 Å². The van der Waals surface area contributed by atoms with Crippen molar-refractivity contribution in [3.05, 3.63) is 29.3 Å². The zero-order valence-electron chi connectivity index (χ0n) is 9.16. The lowest BCUT2D eigenvalue weighted by Gasteiger charge is -2.05. The van der Waals surface area contributed by atoms with Gasteiger partial charge in [0.2, 0.25) is 5.90 Å². The molecule has 0 unspecified atom stereocenters. The van der Waals surface area contributed by atoms with E-state index in [0.29, 0.717) is 18.5 Å². The largest absolute Gasteiger partial charge is 0.475 e. The van der Waals surface area contributed by atoms with Gasteiger partial charge in [0.05, 0.1) is 11.6 Å². The average molecular weight is 204 g/mol. The Labute approximate surface area is 90.0 Å². The van der Waals surface area contributed by atoms with Crippen LogP contribution in [0.3, 0.4) is 0 Å². The van der Waals surface area contributed by atoms with E-state index in [1.54, 1.807) is 0 Å². The standard InChI is InChI=1S/C12H16N2O/c1-3-9-7-15-12(14-9)10-5-4-8(2)6-11(10)13/h4-6,9H,3,7,13H2,1-2H3/t9-/m1/s1. The average Bonchev–Trinajstić information content (AvgIpc) is 2.66. The van der Waals surface area contributed by atoms with Gasteiger partial charge in [0.1, 0.15) is 6.61 Å². The van der Waals surface area contributed by atoms with Crippen LogP contribution in [0.5, 0.6) is 0 Å². The summed E-state index contributed by atoms with van der Waals surface area (Å²) in [5, 5.41) is 0. The Morgan fingerprint density at radius 1 is 1.53 bits per heavy atom. The van der Waals surface area contributed by atoms with Crippen LogP contribution in [0.2, 0.25) is 0 Å². The van der Waals surface area contributed by atoms with Crippen LogP contribution in [0.15, 0.2) is 23.2 Å². The first-order valence-electron chi connectivity index (χ1n) is 5.27. The minimum atomic E-state index is 0.292. The molecule has 0 saturated heterocycles. The Morgan fingerprint density at radius 2 is 2.33 bits per heavy atom. The third kappa shape index (κ3) is 1.96. The second-order valence-electron chi connectivity index (χ2n) is 3.90. The van der Waals surface area contributed by atoms with Gasteiger partial charge in [-0.3, -0.25) is 0 Å². The molecule has 0 saturated carbocycles. The Kier molecular flexibility index (Phi) is 2.62. The van der Waals surface area contributed by atoms with Crippen molar-refractivity contribution in [2.24, 2.45) is 4.99 Å². The maximum absolute atomic E-state index is 5.93. The first kappa shape index (κ1) is 10.0. The molecule has 1 aliphatic rings. The SMILES string of the molecule is CC[C@@H]1COC(c2ccc(C)cc2N)=N1. The molecule has 0 bridgehead atoms. The van der Waals surface area contributed by atoms with Gasteiger partial charge in [-0.05, 0) is 31.0 Å². The number of nitrogen functional groups attached to an aromatic ring is 1. The van der Waals surface area contributed by atoms with E-state index in [0.717, 1.165) is 23.2 Å². The predicted octanol–water partition coefficient (Wildman–Crippen LogP) is 2.13. The second-order valence-corrected chi connectivity index (χ2v) is 3.90. The van der Waals surface area contributed by atoms with E-state index < -0.39 is 0 Å². The molecule has 0 radical (unpaired) electrons. The number of aliphatic imine (C=N–C) groups is 1. The van der Waals surface area contributed by atoms with Crippen molar-refractivity contribution in [1.82, 2.24) is 0 Å². The summed E-state index contributed by atoms with van der Waals surface area (Å²) in [6, 6.07) is 6.24. The number of ether oxygens (including phenoxy) is 1. The third-order valence-corrected chi connectivity index (χ3v) is 2.62. The topological polar surface area (TPSA) is 47.6 Å². The van der Waals surface area contributed by atoms with Crippen molar-refractivity contribution in [2.75, 3.05) is 12.3 Å². The zero-order valence-corrected chi connectivity index (χ0v) is 9.16. The summed E-state index contributed by atoms with van der Waals surface area (Å²) in [5.41, 5.74) is 8.74. The molecule has 2 rings (SSSR count). The molecular formula is C12H16N2O. The highest BCUT2D eigenvalue weighted by Gasteiger charge is 2.19. The molecule has 1 atom stereocenters. The summed E-state index contributed by atoms with van der Waals surface area (Å²) < 4.78 is 5.53. The molecule has 15 heavy (non-hydrogen) atoms. The quantitative estimate of drug-likeness (QED) is 0.750. The van der Waals surface area contributed by atoms with Gasteiger partial charge in [0.15, 0.2) is 0 Å². The van der Waals surface area contributed by atoms with Crippen LogP contribution in [0.4, 0.5) is 5.69 Å². The van der Waals surface area contributed by atoms with Gasteiger partial charge >= 0.3 is 0 Å². The lowest BCUT2D eigenvalue weighted by atomic mass is 10.1. The smallest absolute Gasteiger partial charge is 0.218 e. The predicted molar refractivity (Wildman–Crippen MR) is 62.2 cm³/mol. The number of hydrogen-bond donors (Lipinski definition) is 1. The fourth-order valence-corrected chi connectivity index (χ4v) is 1.65. The van der Waals surface area contributed by atoms with Crippen molar-refractivity contribution >= 4 is 11.6 Å². The van der Waals surface area contributed by atoms with Crippen LogP contribution in [0.1, 0.15) is 24.5 Å². The monoisotopic (exact) mass is 204 g/mol. The van der Waals surface area contributed by atoms with Crippen LogP contribution in [-0.2, 0) is 4.74 Å². The molecule has 80 valence electrons. The molecular weight excluding hydrogens is 188 g/mol. The third-order valence-electron chi connectivity index (χ3n) is 2.62. The van der Waals surface area contributed by atoms with E-state index >= 15 is 0 Å². The number of benzene rings is 1. The van der Waals surface area contributed by atoms with E-state index in [9.17, 15) is 0 Å². The number of rotatable bonds is 2. The van der Waals surface area contributed by atoms with Crippen LogP contribution >= 0.6 is 0 Å². The van der Waals surface area contributed by atoms with Crippen molar-refractivity contribution < 1.29 is 4.74 Å². The minimum Gasteiger partial charge on any atom is -0.475 e. The Bertz CT molecular complexity index is 399. The fraction of sp³-hybridized carbons (Fsp3) is 0.417. The van der Waals surface area contributed by atoms with Gasteiger partial charge in [0.25, 0.3) is 0 Å². The maximum atomic E-state index is 5.93. The number of aryl methyl sites for hydroxylation is 1. The Hall–Kier alpha value is -1.51. The lowest BCUT2D eigenvalue weighted by Crippen LogP contribution is -2.06. The van der Waals surface area contributed by atoms with E-state index in [1.165, 1.54) is 0 Å². The molecule has 1 aromatic carbocycles. The molecule has 0 amide bonds. The van der Waals surface area contributed by atoms with Gasteiger partial charge < -0.3 is 10.5 Å². The zero-order chi connectivity index (χ0) is 10.8.